The van der Waals surface area contributed by atoms with E-state index in [9.17, 15) is 4.79 Å². The van der Waals surface area contributed by atoms with E-state index in [1.165, 1.54) is 0 Å². The van der Waals surface area contributed by atoms with Crippen molar-refractivity contribution in [2.75, 3.05) is 0 Å². The maximum atomic E-state index is 11.8. The number of aromatic amines is 1. The first-order valence-corrected chi connectivity index (χ1v) is 7.13. The molecule has 0 amide bonds. The van der Waals surface area contributed by atoms with Crippen LogP contribution >= 0.6 is 11.6 Å². The van der Waals surface area contributed by atoms with Crippen LogP contribution in [0.4, 0.5) is 0 Å². The van der Waals surface area contributed by atoms with Gasteiger partial charge in [0.25, 0.3) is 5.56 Å². The Balaban J connectivity index is 1.93. The molecule has 0 saturated heterocycles. The Morgan fingerprint density at radius 2 is 2.14 bits per heavy atom. The van der Waals surface area contributed by atoms with Gasteiger partial charge in [-0.15, -0.1) is 0 Å². The Bertz CT molecular complexity index is 862. The second-order valence-electron chi connectivity index (χ2n) is 4.81. The van der Waals surface area contributed by atoms with E-state index < -0.39 is 0 Å². The Kier molecular flexibility index (Phi) is 4.09. The summed E-state index contributed by atoms with van der Waals surface area (Å²) < 4.78 is 5.69. The topological polar surface area (TPSA) is 81.0 Å². The minimum Gasteiger partial charge on any atom is -0.486 e. The van der Waals surface area contributed by atoms with Crippen LogP contribution in [0.25, 0.3) is 10.9 Å². The zero-order chi connectivity index (χ0) is 15.5. The molecule has 2 aromatic heterocycles. The first kappa shape index (κ1) is 14.6. The quantitative estimate of drug-likeness (QED) is 0.775. The molecule has 0 aliphatic heterocycles. The molecule has 2 heterocycles. The molecule has 0 radical (unpaired) electrons. The van der Waals surface area contributed by atoms with Crippen molar-refractivity contribution in [1.82, 2.24) is 9.97 Å². The predicted octanol–water partition coefficient (Wildman–Crippen LogP) is 2.61. The minimum absolute atomic E-state index is 0.181. The number of rotatable bonds is 4. The number of hydrogen-bond donors (Lipinski definition) is 2. The Morgan fingerprint density at radius 3 is 2.86 bits per heavy atom. The van der Waals surface area contributed by atoms with Gasteiger partial charge < -0.3 is 15.5 Å². The fraction of sp³-hybridized carbons (Fsp3) is 0.125. The molecule has 3 aromatic rings. The summed E-state index contributed by atoms with van der Waals surface area (Å²) in [5.41, 5.74) is 7.31. The second-order valence-corrected chi connectivity index (χ2v) is 5.21. The van der Waals surface area contributed by atoms with E-state index in [4.69, 9.17) is 22.1 Å². The Labute approximate surface area is 131 Å². The SMILES string of the molecule is NCc1cc2cc(Cl)c(OCc3ccccn3)cc2[nH]c1=O. The van der Waals surface area contributed by atoms with Crippen LogP contribution in [0.1, 0.15) is 11.3 Å². The number of fused-ring (bicyclic) bond motifs is 1. The van der Waals surface area contributed by atoms with Gasteiger partial charge in [0.1, 0.15) is 12.4 Å². The molecule has 0 saturated carbocycles. The number of nitrogens with zero attached hydrogens (tertiary/aromatic N) is 1. The van der Waals surface area contributed by atoms with Gasteiger partial charge in [0, 0.05) is 29.8 Å². The molecular weight excluding hydrogens is 302 g/mol. The van der Waals surface area contributed by atoms with E-state index in [1.54, 1.807) is 24.4 Å². The molecule has 3 N–H and O–H groups in total. The molecule has 0 unspecified atom stereocenters. The van der Waals surface area contributed by atoms with Gasteiger partial charge in [0.2, 0.25) is 0 Å². The molecule has 22 heavy (non-hydrogen) atoms. The van der Waals surface area contributed by atoms with Crippen molar-refractivity contribution in [1.29, 1.82) is 0 Å². The summed E-state index contributed by atoms with van der Waals surface area (Å²) in [4.78, 5) is 18.8. The molecule has 0 atom stereocenters. The van der Waals surface area contributed by atoms with Crippen LogP contribution in [0.2, 0.25) is 5.02 Å². The molecule has 1 aromatic carbocycles. The first-order chi connectivity index (χ1) is 10.7. The third kappa shape index (κ3) is 2.95. The van der Waals surface area contributed by atoms with Crippen molar-refractivity contribution in [3.8, 4) is 5.75 Å². The lowest BCUT2D eigenvalue weighted by Gasteiger charge is -2.09. The van der Waals surface area contributed by atoms with E-state index in [0.717, 1.165) is 11.1 Å². The van der Waals surface area contributed by atoms with Crippen LogP contribution in [0, 0.1) is 0 Å². The Hall–Kier alpha value is -2.37. The van der Waals surface area contributed by atoms with Crippen molar-refractivity contribution >= 4 is 22.5 Å². The molecule has 0 spiro atoms. The fourth-order valence-electron chi connectivity index (χ4n) is 2.15. The molecule has 0 bridgehead atoms. The van der Waals surface area contributed by atoms with E-state index in [0.29, 0.717) is 28.5 Å². The van der Waals surface area contributed by atoms with Crippen molar-refractivity contribution < 1.29 is 4.74 Å². The summed E-state index contributed by atoms with van der Waals surface area (Å²) in [7, 11) is 0. The van der Waals surface area contributed by atoms with Gasteiger partial charge in [-0.1, -0.05) is 17.7 Å². The number of ether oxygens (including phenoxy) is 1. The lowest BCUT2D eigenvalue weighted by molar-refractivity contribution is 0.302. The summed E-state index contributed by atoms with van der Waals surface area (Å²) >= 11 is 6.24. The highest BCUT2D eigenvalue weighted by Crippen LogP contribution is 2.29. The molecule has 0 aliphatic rings. The van der Waals surface area contributed by atoms with Crippen LogP contribution in [0.5, 0.6) is 5.75 Å². The van der Waals surface area contributed by atoms with Crippen LogP contribution in [0.3, 0.4) is 0 Å². The summed E-state index contributed by atoms with van der Waals surface area (Å²) in [6.45, 7) is 0.484. The van der Waals surface area contributed by atoms with E-state index in [2.05, 4.69) is 9.97 Å². The average molecular weight is 316 g/mol. The standard InChI is InChI=1S/C16H14ClN3O2/c17-13-6-10-5-11(8-18)16(21)20-14(10)7-15(13)22-9-12-3-1-2-4-19-12/h1-7H,8-9,18H2,(H,20,21). The normalized spacial score (nSPS) is 10.8. The number of aromatic nitrogens is 2. The zero-order valence-electron chi connectivity index (χ0n) is 11.7. The summed E-state index contributed by atoms with van der Waals surface area (Å²) in [5, 5.41) is 1.29. The van der Waals surface area contributed by atoms with Crippen LogP contribution < -0.4 is 16.0 Å². The van der Waals surface area contributed by atoms with E-state index in [-0.39, 0.29) is 12.1 Å². The number of H-pyrrole nitrogens is 1. The third-order valence-corrected chi connectivity index (χ3v) is 3.59. The molecule has 3 rings (SSSR count). The van der Waals surface area contributed by atoms with Crippen molar-refractivity contribution in [2.45, 2.75) is 13.2 Å². The predicted molar refractivity (Wildman–Crippen MR) is 86.0 cm³/mol. The van der Waals surface area contributed by atoms with E-state index >= 15 is 0 Å². The van der Waals surface area contributed by atoms with E-state index in [1.807, 2.05) is 18.2 Å². The maximum Gasteiger partial charge on any atom is 0.252 e. The van der Waals surface area contributed by atoms with Crippen LogP contribution in [0.15, 0.2) is 47.4 Å². The second kappa shape index (κ2) is 6.17. The van der Waals surface area contributed by atoms with Gasteiger partial charge in [-0.2, -0.15) is 0 Å². The zero-order valence-corrected chi connectivity index (χ0v) is 12.4. The molecule has 0 fully saturated rings. The highest BCUT2D eigenvalue weighted by molar-refractivity contribution is 6.32. The van der Waals surface area contributed by atoms with Gasteiger partial charge in [0.05, 0.1) is 16.2 Å². The van der Waals surface area contributed by atoms with Crippen molar-refractivity contribution in [3.05, 3.63) is 69.2 Å². The Morgan fingerprint density at radius 1 is 1.27 bits per heavy atom. The molecule has 0 aliphatic carbocycles. The highest BCUT2D eigenvalue weighted by atomic mass is 35.5. The molecule has 112 valence electrons. The summed E-state index contributed by atoms with van der Waals surface area (Å²) in [5.74, 6) is 0.496. The lowest BCUT2D eigenvalue weighted by Crippen LogP contribution is -2.15. The number of benzene rings is 1. The highest BCUT2D eigenvalue weighted by Gasteiger charge is 2.08. The number of nitrogens with one attached hydrogen (secondary N) is 1. The van der Waals surface area contributed by atoms with Gasteiger partial charge in [-0.25, -0.2) is 0 Å². The van der Waals surface area contributed by atoms with Gasteiger partial charge in [-0.3, -0.25) is 9.78 Å². The fourth-order valence-corrected chi connectivity index (χ4v) is 2.38. The molecule has 6 heteroatoms. The first-order valence-electron chi connectivity index (χ1n) is 6.75. The van der Waals surface area contributed by atoms with Crippen LogP contribution in [-0.2, 0) is 13.2 Å². The molecular formula is C16H14ClN3O2. The number of nitrogens with two attached hydrogens (primary N) is 1. The lowest BCUT2D eigenvalue weighted by atomic mass is 10.1. The number of hydrogen-bond acceptors (Lipinski definition) is 4. The maximum absolute atomic E-state index is 11.8. The van der Waals surface area contributed by atoms with Gasteiger partial charge in [0.15, 0.2) is 0 Å². The largest absolute Gasteiger partial charge is 0.486 e. The third-order valence-electron chi connectivity index (χ3n) is 3.30. The average Bonchev–Trinajstić information content (AvgIpc) is 2.54. The van der Waals surface area contributed by atoms with Crippen molar-refractivity contribution in [2.24, 2.45) is 5.73 Å². The smallest absolute Gasteiger partial charge is 0.252 e. The monoisotopic (exact) mass is 315 g/mol. The summed E-state index contributed by atoms with van der Waals surface area (Å²) in [6, 6.07) is 10.8. The van der Waals surface area contributed by atoms with Crippen molar-refractivity contribution in [3.63, 3.8) is 0 Å². The molecule has 5 nitrogen and oxygen atoms in total. The summed E-state index contributed by atoms with van der Waals surface area (Å²) in [6.07, 6.45) is 1.70. The van der Waals surface area contributed by atoms with Gasteiger partial charge in [-0.05, 0) is 24.3 Å². The number of pyridine rings is 2. The van der Waals surface area contributed by atoms with Gasteiger partial charge >= 0.3 is 0 Å². The van der Waals surface area contributed by atoms with Crippen LogP contribution in [-0.4, -0.2) is 9.97 Å². The minimum atomic E-state index is -0.201. The number of halogens is 1.